The van der Waals surface area contributed by atoms with Gasteiger partial charge in [0.15, 0.2) is 0 Å². The summed E-state index contributed by atoms with van der Waals surface area (Å²) in [6.07, 6.45) is 13.2. The highest BCUT2D eigenvalue weighted by molar-refractivity contribution is 5.96. The van der Waals surface area contributed by atoms with Crippen molar-refractivity contribution in [2.75, 3.05) is 27.3 Å². The van der Waals surface area contributed by atoms with Crippen LogP contribution in [0.2, 0.25) is 0 Å². The molecule has 0 radical (unpaired) electrons. The highest BCUT2D eigenvalue weighted by Crippen LogP contribution is 2.50. The SMILES string of the molecule is CN[C@@H](C)C(=O)N[C@H](C(=O)N1[C@H](C(=O)N[C@H]2c3ccccc3C[C@H]2OCC#CC#CCO[C@@H]2Cc3ccccc3[C@@H]2NC(=O)[C@@H]2C[C@@H]3C[C@@H]3N2C(=O)[C@@H](NC(=O)[C@H](C)NC)C2CCCCC2)C[C@@H]2C[C@@H]21)C1CCCCC1. The molecule has 16 nitrogen and oxygen atoms in total. The smallest absolute Gasteiger partial charge is 0.246 e. The predicted octanol–water partition coefficient (Wildman–Crippen LogP) is 3.92. The number of hydrogen-bond acceptors (Lipinski definition) is 10. The molecular weight excluding hydrogens is 961 g/mol. The third-order valence-corrected chi connectivity index (χ3v) is 18.3. The van der Waals surface area contributed by atoms with Crippen LogP contribution in [0.4, 0.5) is 0 Å². The Balaban J connectivity index is 0.748. The molecule has 6 amide bonds. The van der Waals surface area contributed by atoms with E-state index >= 15 is 0 Å². The number of carbonyl (C=O) groups is 6. The molecule has 2 aromatic rings. The van der Waals surface area contributed by atoms with E-state index < -0.39 is 48.3 Å². The third kappa shape index (κ3) is 11.6. The van der Waals surface area contributed by atoms with E-state index in [4.69, 9.17) is 9.47 Å². The van der Waals surface area contributed by atoms with Gasteiger partial charge in [-0.2, -0.15) is 0 Å². The van der Waals surface area contributed by atoms with Crippen LogP contribution in [0.5, 0.6) is 0 Å². The molecule has 2 heterocycles. The van der Waals surface area contributed by atoms with Crippen molar-refractivity contribution in [2.24, 2.45) is 23.7 Å². The lowest BCUT2D eigenvalue weighted by Gasteiger charge is -2.36. The second-order valence-corrected chi connectivity index (χ2v) is 23.0. The number of benzene rings is 2. The van der Waals surface area contributed by atoms with E-state index in [-0.39, 0.29) is 96.6 Å². The van der Waals surface area contributed by atoms with E-state index in [9.17, 15) is 28.8 Å². The van der Waals surface area contributed by atoms with Crippen LogP contribution in [-0.4, -0.2) is 133 Å². The minimum atomic E-state index is -0.669. The molecule has 10 rings (SSSR count). The highest BCUT2D eigenvalue weighted by atomic mass is 16.5. The van der Waals surface area contributed by atoms with Crippen molar-refractivity contribution in [1.82, 2.24) is 41.7 Å². The molecule has 2 saturated heterocycles. The molecule has 6 N–H and O–H groups in total. The molecule has 6 aliphatic carbocycles. The van der Waals surface area contributed by atoms with Gasteiger partial charge in [0.05, 0.1) is 36.4 Å². The molecule has 0 bridgehead atoms. The molecule has 6 fully saturated rings. The molecule has 8 aliphatic rings. The van der Waals surface area contributed by atoms with E-state index in [1.807, 2.05) is 48.5 Å². The van der Waals surface area contributed by atoms with Crippen molar-refractivity contribution in [2.45, 2.75) is 189 Å². The van der Waals surface area contributed by atoms with Crippen molar-refractivity contribution in [1.29, 1.82) is 0 Å². The number of ether oxygens (including phenoxy) is 2. The Labute approximate surface area is 448 Å². The minimum absolute atomic E-state index is 0.00561. The van der Waals surface area contributed by atoms with Gasteiger partial charge in [-0.15, -0.1) is 0 Å². The number of carbonyl (C=O) groups excluding carboxylic acids is 6. The van der Waals surface area contributed by atoms with Gasteiger partial charge < -0.3 is 51.2 Å². The van der Waals surface area contributed by atoms with E-state index in [1.54, 1.807) is 37.7 Å². The first kappa shape index (κ1) is 53.6. The fourth-order valence-electron chi connectivity index (χ4n) is 13.6. The van der Waals surface area contributed by atoms with Crippen LogP contribution in [0.25, 0.3) is 0 Å². The Morgan fingerprint density at radius 1 is 0.566 bits per heavy atom. The molecule has 14 atom stereocenters. The number of nitrogens with zero attached hydrogens (tertiary/aromatic N) is 2. The second kappa shape index (κ2) is 23.9. The predicted molar refractivity (Wildman–Crippen MR) is 285 cm³/mol. The van der Waals surface area contributed by atoms with Gasteiger partial charge in [-0.05, 0) is 137 Å². The summed E-state index contributed by atoms with van der Waals surface area (Å²) in [5.41, 5.74) is 4.14. The van der Waals surface area contributed by atoms with Crippen LogP contribution in [0.3, 0.4) is 0 Å². The van der Waals surface area contributed by atoms with Gasteiger partial charge >= 0.3 is 0 Å². The summed E-state index contributed by atoms with van der Waals surface area (Å²) < 4.78 is 12.8. The molecule has 0 aromatic heterocycles. The number of piperidine rings is 2. The maximum absolute atomic E-state index is 14.6. The Morgan fingerprint density at radius 2 is 0.961 bits per heavy atom. The quantitative estimate of drug-likeness (QED) is 0.119. The van der Waals surface area contributed by atoms with Gasteiger partial charge in [0.25, 0.3) is 0 Å². The van der Waals surface area contributed by atoms with Crippen molar-refractivity contribution in [3.05, 3.63) is 70.8 Å². The minimum Gasteiger partial charge on any atom is -0.363 e. The summed E-state index contributed by atoms with van der Waals surface area (Å²) in [5, 5.41) is 18.8. The molecule has 76 heavy (non-hydrogen) atoms. The summed E-state index contributed by atoms with van der Waals surface area (Å²) in [5.74, 6) is 11.4. The number of amides is 6. The van der Waals surface area contributed by atoms with Crippen molar-refractivity contribution in [3.63, 3.8) is 0 Å². The van der Waals surface area contributed by atoms with Gasteiger partial charge in [0, 0.05) is 24.9 Å². The summed E-state index contributed by atoms with van der Waals surface area (Å²) in [4.78, 5) is 87.9. The lowest BCUT2D eigenvalue weighted by Crippen LogP contribution is -2.59. The first-order valence-electron chi connectivity index (χ1n) is 28.5. The molecule has 2 aliphatic heterocycles. The summed E-state index contributed by atoms with van der Waals surface area (Å²) in [7, 11) is 3.46. The van der Waals surface area contributed by atoms with Gasteiger partial charge in [0.2, 0.25) is 35.4 Å². The molecule has 406 valence electrons. The largest absolute Gasteiger partial charge is 0.363 e. The first-order chi connectivity index (χ1) is 36.9. The second-order valence-electron chi connectivity index (χ2n) is 23.0. The van der Waals surface area contributed by atoms with Gasteiger partial charge in [0.1, 0.15) is 37.4 Å². The topological polar surface area (TPSA) is 200 Å². The summed E-state index contributed by atoms with van der Waals surface area (Å²) in [6, 6.07) is 11.7. The number of rotatable bonds is 18. The van der Waals surface area contributed by atoms with Crippen LogP contribution in [0.15, 0.2) is 48.5 Å². The summed E-state index contributed by atoms with van der Waals surface area (Å²) in [6.45, 7) is 3.74. The number of fused-ring (bicyclic) bond motifs is 4. The average Bonchev–Trinajstić information content (AvgIpc) is 4.23. The molecule has 0 unspecified atom stereocenters. The van der Waals surface area contributed by atoms with Gasteiger partial charge in [-0.3, -0.25) is 28.8 Å². The lowest BCUT2D eigenvalue weighted by molar-refractivity contribution is -0.145. The number of hydrogen-bond donors (Lipinski definition) is 6. The van der Waals surface area contributed by atoms with E-state index in [1.165, 1.54) is 0 Å². The summed E-state index contributed by atoms with van der Waals surface area (Å²) >= 11 is 0. The molecule has 16 heteroatoms. The Bertz CT molecular complexity index is 2450. The lowest BCUT2D eigenvalue weighted by atomic mass is 9.83. The zero-order valence-electron chi connectivity index (χ0n) is 44.7. The maximum Gasteiger partial charge on any atom is 0.246 e. The number of likely N-dealkylation sites (N-methyl/N-ethyl adjacent to an activating group) is 2. The molecular formula is C60H78N8O8. The monoisotopic (exact) mass is 1040 g/mol. The van der Waals surface area contributed by atoms with Crippen LogP contribution in [-0.2, 0) is 51.1 Å². The molecule has 4 saturated carbocycles. The zero-order valence-corrected chi connectivity index (χ0v) is 44.7. The fourth-order valence-corrected chi connectivity index (χ4v) is 13.6. The Hall–Kier alpha value is -5.78. The Kier molecular flexibility index (Phi) is 16.8. The van der Waals surface area contributed by atoms with Crippen LogP contribution >= 0.6 is 0 Å². The zero-order chi connectivity index (χ0) is 53.0. The maximum atomic E-state index is 14.6. The fraction of sp³-hybridized carbons (Fsp3) is 0.633. The van der Waals surface area contributed by atoms with Crippen molar-refractivity contribution >= 4 is 35.4 Å². The third-order valence-electron chi connectivity index (χ3n) is 18.3. The van der Waals surface area contributed by atoms with E-state index in [2.05, 4.69) is 55.6 Å². The average molecular weight is 1040 g/mol. The highest BCUT2D eigenvalue weighted by Gasteiger charge is 2.59. The van der Waals surface area contributed by atoms with E-state index in [0.717, 1.165) is 99.3 Å². The normalized spacial score (nSPS) is 29.6. The first-order valence-corrected chi connectivity index (χ1v) is 28.5. The van der Waals surface area contributed by atoms with Crippen LogP contribution in [0.1, 0.15) is 138 Å². The van der Waals surface area contributed by atoms with E-state index in [0.29, 0.717) is 25.7 Å². The number of nitrogens with one attached hydrogen (secondary N) is 6. The van der Waals surface area contributed by atoms with Gasteiger partial charge in [-0.1, -0.05) is 98.9 Å². The van der Waals surface area contributed by atoms with Crippen LogP contribution < -0.4 is 31.9 Å². The molecule has 2 aromatic carbocycles. The molecule has 0 spiro atoms. The van der Waals surface area contributed by atoms with Crippen molar-refractivity contribution < 1.29 is 38.2 Å². The van der Waals surface area contributed by atoms with Crippen LogP contribution in [0, 0.1) is 47.4 Å². The van der Waals surface area contributed by atoms with Gasteiger partial charge in [-0.25, -0.2) is 0 Å². The Morgan fingerprint density at radius 3 is 1.36 bits per heavy atom. The standard InChI is InChI=1S/C60H78N8O8/c1-35(61-3)55(69)63-51(37-19-9-7-10-20-37)59(73)67-45-29-41(45)31-47(67)57(71)65-53-43-25-15-13-23-39(43)33-49(53)75-27-17-5-6-18-28-76-50-34-40-24-14-16-26-44(40)54(50)66-58(72)48-32-42-30-46(42)68(48)60(74)52(38-21-11-8-12-22-38)64-56(70)36(2)62-4/h13-16,23-26,35-38,41-42,45-54,61-62H,7-12,19-22,27-34H2,1-4H3,(H,63,69)(H,64,70)(H,65,71)(H,66,72)/t35-,36-,41-,42-,45-,46-,47-,48-,49+,50+,51-,52-,53-,54-/m0/s1. The number of likely N-dealkylation sites (tertiary alicyclic amines) is 2. The van der Waals surface area contributed by atoms with Crippen molar-refractivity contribution in [3.8, 4) is 23.7 Å².